The van der Waals surface area contributed by atoms with Crippen LogP contribution in [0.1, 0.15) is 22.8 Å². The molecule has 0 radical (unpaired) electrons. The summed E-state index contributed by atoms with van der Waals surface area (Å²) < 4.78 is 5.97. The number of nitrogen functional groups attached to an aromatic ring is 1. The smallest absolute Gasteiger partial charge is 0.340 e. The highest BCUT2D eigenvalue weighted by atomic mass is 79.9. The van der Waals surface area contributed by atoms with Crippen LogP contribution in [0.25, 0.3) is 0 Å². The number of benzene rings is 1. The van der Waals surface area contributed by atoms with E-state index in [2.05, 4.69) is 26.2 Å². The SMILES string of the molecule is CCOC(=O)c1cc(Nc2cccc(Br)c2C)ncc1N. The van der Waals surface area contributed by atoms with Gasteiger partial charge in [0.2, 0.25) is 0 Å². The number of anilines is 3. The molecule has 0 aliphatic heterocycles. The van der Waals surface area contributed by atoms with Gasteiger partial charge in [-0.3, -0.25) is 0 Å². The molecule has 1 heterocycles. The van der Waals surface area contributed by atoms with Crippen molar-refractivity contribution >= 4 is 39.1 Å². The minimum absolute atomic E-state index is 0.296. The van der Waals surface area contributed by atoms with Crippen molar-refractivity contribution in [3.8, 4) is 0 Å². The van der Waals surface area contributed by atoms with Gasteiger partial charge in [-0.2, -0.15) is 0 Å². The number of esters is 1. The molecule has 0 aliphatic rings. The molecule has 5 nitrogen and oxygen atoms in total. The van der Waals surface area contributed by atoms with E-state index in [1.54, 1.807) is 13.0 Å². The van der Waals surface area contributed by atoms with Crippen molar-refractivity contribution in [2.75, 3.05) is 17.7 Å². The van der Waals surface area contributed by atoms with E-state index >= 15 is 0 Å². The number of ether oxygens (including phenoxy) is 1. The number of nitrogens with two attached hydrogens (primary N) is 1. The van der Waals surface area contributed by atoms with E-state index in [1.807, 2.05) is 25.1 Å². The molecule has 0 unspecified atom stereocenters. The van der Waals surface area contributed by atoms with E-state index in [0.29, 0.717) is 23.7 Å². The highest BCUT2D eigenvalue weighted by Crippen LogP contribution is 2.26. The van der Waals surface area contributed by atoms with E-state index in [1.165, 1.54) is 6.20 Å². The highest BCUT2D eigenvalue weighted by molar-refractivity contribution is 9.10. The number of hydrogen-bond acceptors (Lipinski definition) is 5. The van der Waals surface area contributed by atoms with Gasteiger partial charge in [0.15, 0.2) is 0 Å². The van der Waals surface area contributed by atoms with Gasteiger partial charge in [-0.1, -0.05) is 22.0 Å². The Hall–Kier alpha value is -2.08. The Labute approximate surface area is 131 Å². The summed E-state index contributed by atoms with van der Waals surface area (Å²) in [6, 6.07) is 7.40. The van der Waals surface area contributed by atoms with Gasteiger partial charge in [-0.05, 0) is 37.6 Å². The molecule has 1 aromatic heterocycles. The lowest BCUT2D eigenvalue weighted by Gasteiger charge is -2.12. The molecular weight excluding hydrogens is 334 g/mol. The number of pyridine rings is 1. The second-order valence-corrected chi connectivity index (χ2v) is 5.27. The molecule has 0 amide bonds. The molecule has 3 N–H and O–H groups in total. The summed E-state index contributed by atoms with van der Waals surface area (Å²) in [6.45, 7) is 4.03. The molecule has 0 spiro atoms. The van der Waals surface area contributed by atoms with Gasteiger partial charge >= 0.3 is 5.97 Å². The molecule has 6 heteroatoms. The van der Waals surface area contributed by atoms with E-state index in [0.717, 1.165) is 15.7 Å². The molecule has 21 heavy (non-hydrogen) atoms. The van der Waals surface area contributed by atoms with Crippen LogP contribution >= 0.6 is 15.9 Å². The van der Waals surface area contributed by atoms with Crippen molar-refractivity contribution in [1.82, 2.24) is 4.98 Å². The summed E-state index contributed by atoms with van der Waals surface area (Å²) in [5.41, 5.74) is 8.32. The first-order valence-electron chi connectivity index (χ1n) is 6.47. The fourth-order valence-corrected chi connectivity index (χ4v) is 2.17. The Kier molecular flexibility index (Phi) is 4.80. The van der Waals surface area contributed by atoms with Crippen LogP contribution in [0.5, 0.6) is 0 Å². The predicted octanol–water partition coefficient (Wildman–Crippen LogP) is 3.66. The van der Waals surface area contributed by atoms with Crippen molar-refractivity contribution in [1.29, 1.82) is 0 Å². The topological polar surface area (TPSA) is 77.2 Å². The average Bonchev–Trinajstić information content (AvgIpc) is 2.46. The molecule has 0 aliphatic carbocycles. The second kappa shape index (κ2) is 6.58. The van der Waals surface area contributed by atoms with E-state index in [9.17, 15) is 4.79 Å². The van der Waals surface area contributed by atoms with Crippen LogP contribution < -0.4 is 11.1 Å². The normalized spacial score (nSPS) is 10.2. The Morgan fingerprint density at radius 1 is 1.48 bits per heavy atom. The maximum atomic E-state index is 11.8. The van der Waals surface area contributed by atoms with E-state index in [-0.39, 0.29) is 0 Å². The minimum Gasteiger partial charge on any atom is -0.462 e. The lowest BCUT2D eigenvalue weighted by molar-refractivity contribution is 0.0527. The van der Waals surface area contributed by atoms with Gasteiger partial charge in [-0.25, -0.2) is 9.78 Å². The average molecular weight is 350 g/mol. The monoisotopic (exact) mass is 349 g/mol. The standard InChI is InChI=1S/C15H16BrN3O2/c1-3-21-15(20)10-7-14(18-8-12(10)17)19-13-6-4-5-11(16)9(13)2/h4-8H,3,17H2,1-2H3,(H,18,19). The third-order valence-corrected chi connectivity index (χ3v) is 3.82. The molecular formula is C15H16BrN3O2. The van der Waals surface area contributed by atoms with Gasteiger partial charge in [0.1, 0.15) is 5.82 Å². The summed E-state index contributed by atoms with van der Waals surface area (Å²) in [5.74, 6) is 0.0832. The summed E-state index contributed by atoms with van der Waals surface area (Å²) in [5, 5.41) is 3.17. The van der Waals surface area contributed by atoms with Crippen LogP contribution in [0.4, 0.5) is 17.2 Å². The number of aromatic nitrogens is 1. The summed E-state index contributed by atoms with van der Waals surface area (Å²) in [6.07, 6.45) is 1.45. The number of carbonyl (C=O) groups is 1. The van der Waals surface area contributed by atoms with Crippen LogP contribution in [-0.2, 0) is 4.74 Å². The number of nitrogens with zero attached hydrogens (tertiary/aromatic N) is 1. The largest absolute Gasteiger partial charge is 0.462 e. The molecule has 1 aromatic carbocycles. The van der Waals surface area contributed by atoms with Gasteiger partial charge in [0.05, 0.1) is 24.1 Å². The van der Waals surface area contributed by atoms with Crippen molar-refractivity contribution in [2.24, 2.45) is 0 Å². The van der Waals surface area contributed by atoms with Gasteiger partial charge in [0.25, 0.3) is 0 Å². The quantitative estimate of drug-likeness (QED) is 0.823. The first-order chi connectivity index (χ1) is 10.0. The van der Waals surface area contributed by atoms with Crippen LogP contribution in [0.3, 0.4) is 0 Å². The van der Waals surface area contributed by atoms with Crippen molar-refractivity contribution in [3.05, 3.63) is 46.1 Å². The lowest BCUT2D eigenvalue weighted by atomic mass is 10.2. The van der Waals surface area contributed by atoms with E-state index in [4.69, 9.17) is 10.5 Å². The van der Waals surface area contributed by atoms with Crippen LogP contribution in [-0.4, -0.2) is 17.6 Å². The van der Waals surface area contributed by atoms with Crippen molar-refractivity contribution < 1.29 is 9.53 Å². The Bertz CT molecular complexity index is 674. The Balaban J connectivity index is 2.31. The van der Waals surface area contributed by atoms with Crippen molar-refractivity contribution in [2.45, 2.75) is 13.8 Å². The van der Waals surface area contributed by atoms with Crippen molar-refractivity contribution in [3.63, 3.8) is 0 Å². The number of hydrogen-bond donors (Lipinski definition) is 2. The van der Waals surface area contributed by atoms with Crippen LogP contribution in [0.15, 0.2) is 34.9 Å². The lowest BCUT2D eigenvalue weighted by Crippen LogP contribution is -2.09. The molecule has 0 saturated heterocycles. The Morgan fingerprint density at radius 3 is 2.95 bits per heavy atom. The third-order valence-electron chi connectivity index (χ3n) is 2.96. The minimum atomic E-state index is -0.452. The van der Waals surface area contributed by atoms with Gasteiger partial charge in [0, 0.05) is 10.2 Å². The third kappa shape index (κ3) is 3.52. The zero-order valence-electron chi connectivity index (χ0n) is 11.8. The first-order valence-corrected chi connectivity index (χ1v) is 7.27. The zero-order chi connectivity index (χ0) is 15.4. The maximum Gasteiger partial charge on any atom is 0.340 e. The molecule has 0 bridgehead atoms. The van der Waals surface area contributed by atoms with Gasteiger partial charge < -0.3 is 15.8 Å². The first kappa shape index (κ1) is 15.3. The summed E-state index contributed by atoms with van der Waals surface area (Å²) in [4.78, 5) is 16.0. The molecule has 0 saturated carbocycles. The molecule has 0 fully saturated rings. The Morgan fingerprint density at radius 2 is 2.24 bits per heavy atom. The fourth-order valence-electron chi connectivity index (χ4n) is 1.80. The zero-order valence-corrected chi connectivity index (χ0v) is 13.4. The fraction of sp³-hybridized carbons (Fsp3) is 0.200. The molecule has 110 valence electrons. The molecule has 0 atom stereocenters. The summed E-state index contributed by atoms with van der Waals surface area (Å²) >= 11 is 3.47. The van der Waals surface area contributed by atoms with Crippen LogP contribution in [0, 0.1) is 6.92 Å². The van der Waals surface area contributed by atoms with E-state index < -0.39 is 5.97 Å². The van der Waals surface area contributed by atoms with Crippen LogP contribution in [0.2, 0.25) is 0 Å². The predicted molar refractivity (Wildman–Crippen MR) is 86.8 cm³/mol. The number of nitrogens with one attached hydrogen (secondary N) is 1. The molecule has 2 rings (SSSR count). The van der Waals surface area contributed by atoms with Gasteiger partial charge in [-0.15, -0.1) is 0 Å². The number of carbonyl (C=O) groups excluding carboxylic acids is 1. The maximum absolute atomic E-state index is 11.8. The highest BCUT2D eigenvalue weighted by Gasteiger charge is 2.13. The number of halogens is 1. The number of rotatable bonds is 4. The second-order valence-electron chi connectivity index (χ2n) is 4.41. The molecule has 2 aromatic rings. The summed E-state index contributed by atoms with van der Waals surface area (Å²) in [7, 11) is 0.